The number of nitrogens with one attached hydrogen (secondary N) is 1. The van der Waals surface area contributed by atoms with Gasteiger partial charge in [-0.25, -0.2) is 9.78 Å². The van der Waals surface area contributed by atoms with E-state index in [0.29, 0.717) is 23.8 Å². The van der Waals surface area contributed by atoms with Crippen molar-refractivity contribution < 1.29 is 9.53 Å². The molecule has 3 aliphatic rings. The highest BCUT2D eigenvalue weighted by atomic mass is 35.5. The number of likely N-dealkylation sites (tertiary alicyclic amines) is 1. The Labute approximate surface area is 252 Å². The molecule has 3 unspecified atom stereocenters. The van der Waals surface area contributed by atoms with Crippen molar-refractivity contribution in [1.82, 2.24) is 19.8 Å². The summed E-state index contributed by atoms with van der Waals surface area (Å²) in [7, 11) is 0. The molecule has 3 atom stereocenters. The van der Waals surface area contributed by atoms with Gasteiger partial charge in [0.2, 0.25) is 0 Å². The quantitative estimate of drug-likeness (QED) is 0.398. The standard InChI is InChI=1S/C26H35ClN2O2.C8H14N2/c1-5-17-15-19-16-20(27)8-9-21(19)23(24-22(17)7-6-12-28-24)18-10-13-29(14-11-18)25(30)31-26(2,3)4;1-4-5-10-6-9-7(2)8(10)3/h6-9,12,16-18,23-24,28H,5,10-11,13-15H2,1-4H3;6H,4-5H2,1-3H3. The van der Waals surface area contributed by atoms with Gasteiger partial charge >= 0.3 is 6.09 Å². The maximum absolute atomic E-state index is 12.6. The molecule has 1 N–H and O–H groups in total. The van der Waals surface area contributed by atoms with Crippen molar-refractivity contribution >= 4 is 17.7 Å². The van der Waals surface area contributed by atoms with Gasteiger partial charge in [0.05, 0.1) is 18.1 Å². The average Bonchev–Trinajstić information content (AvgIpc) is 3.17. The van der Waals surface area contributed by atoms with Crippen molar-refractivity contribution in [1.29, 1.82) is 0 Å². The van der Waals surface area contributed by atoms with E-state index in [1.165, 1.54) is 28.8 Å². The topological polar surface area (TPSA) is 59.4 Å². The maximum Gasteiger partial charge on any atom is 0.410 e. The summed E-state index contributed by atoms with van der Waals surface area (Å²) in [6.45, 7) is 17.0. The normalized spacial score (nSPS) is 22.4. The number of carbonyl (C=O) groups excluding carboxylic acids is 1. The first-order chi connectivity index (χ1) is 19.5. The maximum atomic E-state index is 12.6. The van der Waals surface area contributed by atoms with E-state index in [2.05, 4.69) is 66.1 Å². The number of fused-ring (bicyclic) bond motifs is 2. The van der Waals surface area contributed by atoms with Crippen LogP contribution in [0.1, 0.15) is 88.7 Å². The number of allylic oxidation sites excluding steroid dienone is 2. The van der Waals surface area contributed by atoms with Crippen LogP contribution in [0.4, 0.5) is 4.79 Å². The van der Waals surface area contributed by atoms with Gasteiger partial charge in [0.1, 0.15) is 5.60 Å². The highest BCUT2D eigenvalue weighted by Crippen LogP contribution is 2.45. The lowest BCUT2D eigenvalue weighted by atomic mass is 9.72. The predicted octanol–water partition coefficient (Wildman–Crippen LogP) is 7.97. The molecule has 1 fully saturated rings. The van der Waals surface area contributed by atoms with Crippen LogP contribution in [0, 0.1) is 25.7 Å². The molecule has 1 aliphatic carbocycles. The summed E-state index contributed by atoms with van der Waals surface area (Å²) >= 11 is 6.41. The van der Waals surface area contributed by atoms with Crippen LogP contribution < -0.4 is 5.32 Å². The summed E-state index contributed by atoms with van der Waals surface area (Å²) in [5.41, 5.74) is 6.30. The molecule has 1 aromatic heterocycles. The van der Waals surface area contributed by atoms with Gasteiger partial charge in [0, 0.05) is 36.3 Å². The predicted molar refractivity (Wildman–Crippen MR) is 168 cm³/mol. The summed E-state index contributed by atoms with van der Waals surface area (Å²) < 4.78 is 7.79. The Hall–Kier alpha value is -2.73. The van der Waals surface area contributed by atoms with E-state index in [9.17, 15) is 4.79 Å². The number of piperidine rings is 1. The van der Waals surface area contributed by atoms with E-state index in [0.717, 1.165) is 56.0 Å². The lowest BCUT2D eigenvalue weighted by Crippen LogP contribution is -2.46. The smallest absolute Gasteiger partial charge is 0.410 e. The fraction of sp³-hybridized carbons (Fsp3) is 0.588. The number of hydrogen-bond donors (Lipinski definition) is 1. The molecule has 2 aliphatic heterocycles. The lowest BCUT2D eigenvalue weighted by Gasteiger charge is -2.41. The van der Waals surface area contributed by atoms with Crippen LogP contribution in [-0.4, -0.2) is 45.3 Å². The molecule has 224 valence electrons. The molecule has 7 heteroatoms. The van der Waals surface area contributed by atoms with Crippen molar-refractivity contribution in [3.8, 4) is 0 Å². The van der Waals surface area contributed by atoms with Gasteiger partial charge in [-0.3, -0.25) is 0 Å². The average molecular weight is 581 g/mol. The van der Waals surface area contributed by atoms with Gasteiger partial charge in [-0.05, 0) is 120 Å². The van der Waals surface area contributed by atoms with Gasteiger partial charge in [0.15, 0.2) is 0 Å². The number of ether oxygens (including phenoxy) is 1. The van der Waals surface area contributed by atoms with Crippen LogP contribution in [0.5, 0.6) is 0 Å². The number of aryl methyl sites for hydroxylation is 2. The van der Waals surface area contributed by atoms with Crippen LogP contribution in [0.25, 0.3) is 0 Å². The number of nitrogens with zero attached hydrogens (tertiary/aromatic N) is 3. The van der Waals surface area contributed by atoms with E-state index >= 15 is 0 Å². The number of hydrogen-bond acceptors (Lipinski definition) is 4. The van der Waals surface area contributed by atoms with Crippen molar-refractivity contribution in [2.24, 2.45) is 11.8 Å². The molecule has 0 bridgehead atoms. The number of benzene rings is 1. The Balaban J connectivity index is 0.000000328. The van der Waals surface area contributed by atoms with Crippen molar-refractivity contribution in [3.63, 3.8) is 0 Å². The molecule has 1 saturated heterocycles. The molecule has 6 nitrogen and oxygen atoms in total. The highest BCUT2D eigenvalue weighted by molar-refractivity contribution is 6.30. The van der Waals surface area contributed by atoms with Crippen LogP contribution >= 0.6 is 11.6 Å². The van der Waals surface area contributed by atoms with E-state index in [1.54, 1.807) is 0 Å². The van der Waals surface area contributed by atoms with Gasteiger partial charge in [-0.15, -0.1) is 0 Å². The third kappa shape index (κ3) is 7.57. The largest absolute Gasteiger partial charge is 0.444 e. The molecule has 0 radical (unpaired) electrons. The monoisotopic (exact) mass is 580 g/mol. The Morgan fingerprint density at radius 1 is 1.17 bits per heavy atom. The number of aromatic nitrogens is 2. The van der Waals surface area contributed by atoms with E-state index in [1.807, 2.05) is 45.0 Å². The summed E-state index contributed by atoms with van der Waals surface area (Å²) in [5, 5.41) is 4.52. The minimum Gasteiger partial charge on any atom is -0.444 e. The minimum atomic E-state index is -0.458. The zero-order chi connectivity index (χ0) is 29.7. The molecule has 2 aromatic rings. The zero-order valence-corrected chi connectivity index (χ0v) is 26.8. The van der Waals surface area contributed by atoms with Crippen LogP contribution in [0.15, 0.2) is 48.5 Å². The SMILES string of the molecule is CCC1Cc2cc(Cl)ccc2C(C2CCN(C(=O)OC(C)(C)C)CC2)C2NC=CC=C12.CCCn1cnc(C)c1C. The molecule has 5 rings (SSSR count). The third-order valence-electron chi connectivity index (χ3n) is 8.78. The van der Waals surface area contributed by atoms with Crippen molar-refractivity contribution in [2.45, 2.75) is 105 Å². The summed E-state index contributed by atoms with van der Waals surface area (Å²) in [6, 6.07) is 6.76. The molecular weight excluding hydrogens is 532 g/mol. The number of halogens is 1. The number of imidazole rings is 1. The second kappa shape index (κ2) is 13.5. The number of amides is 1. The van der Waals surface area contributed by atoms with E-state index in [4.69, 9.17) is 16.3 Å². The van der Waals surface area contributed by atoms with Crippen molar-refractivity contribution in [2.75, 3.05) is 13.1 Å². The number of rotatable bonds is 4. The first kappa shape index (κ1) is 31.2. The fourth-order valence-corrected chi connectivity index (χ4v) is 6.74. The summed E-state index contributed by atoms with van der Waals surface area (Å²) in [5.74, 6) is 1.40. The fourth-order valence-electron chi connectivity index (χ4n) is 6.54. The van der Waals surface area contributed by atoms with E-state index in [-0.39, 0.29) is 6.09 Å². The zero-order valence-electron chi connectivity index (χ0n) is 26.0. The van der Waals surface area contributed by atoms with Crippen LogP contribution in [0.2, 0.25) is 5.02 Å². The van der Waals surface area contributed by atoms with Crippen molar-refractivity contribution in [3.05, 3.63) is 76.0 Å². The molecule has 0 saturated carbocycles. The molecule has 1 aromatic carbocycles. The minimum absolute atomic E-state index is 0.190. The van der Waals surface area contributed by atoms with Gasteiger partial charge in [0.25, 0.3) is 0 Å². The second-order valence-electron chi connectivity index (χ2n) is 12.8. The molecule has 1 amide bonds. The Kier molecular flexibility index (Phi) is 10.3. The molecule has 41 heavy (non-hydrogen) atoms. The second-order valence-corrected chi connectivity index (χ2v) is 13.2. The Bertz CT molecular complexity index is 1250. The third-order valence-corrected chi connectivity index (χ3v) is 9.02. The number of dihydropyridines is 1. The van der Waals surface area contributed by atoms with Gasteiger partial charge < -0.3 is 19.5 Å². The van der Waals surface area contributed by atoms with Crippen LogP contribution in [0.3, 0.4) is 0 Å². The van der Waals surface area contributed by atoms with E-state index < -0.39 is 5.60 Å². The van der Waals surface area contributed by atoms with Gasteiger partial charge in [-0.1, -0.05) is 37.6 Å². The molecular formula is C34H49ClN4O2. The van der Waals surface area contributed by atoms with Crippen LogP contribution in [-0.2, 0) is 17.7 Å². The summed E-state index contributed by atoms with van der Waals surface area (Å²) in [6.07, 6.45) is 13.6. The van der Waals surface area contributed by atoms with Gasteiger partial charge in [-0.2, -0.15) is 0 Å². The highest BCUT2D eigenvalue weighted by Gasteiger charge is 2.41. The Morgan fingerprint density at radius 3 is 2.51 bits per heavy atom. The number of carbonyl (C=O) groups is 1. The molecule has 3 heterocycles. The first-order valence-electron chi connectivity index (χ1n) is 15.4. The Morgan fingerprint density at radius 2 is 1.90 bits per heavy atom. The lowest BCUT2D eigenvalue weighted by molar-refractivity contribution is 0.0170. The summed E-state index contributed by atoms with van der Waals surface area (Å²) in [4.78, 5) is 18.6. The molecule has 0 spiro atoms. The first-order valence-corrected chi connectivity index (χ1v) is 15.8.